The number of aromatic nitrogens is 3. The molecule has 0 aromatic carbocycles. The average molecular weight is 380 g/mol. The Morgan fingerprint density at radius 3 is 3.00 bits per heavy atom. The lowest BCUT2D eigenvalue weighted by Gasteiger charge is -2.20. The Kier molecular flexibility index (Phi) is 4.72. The van der Waals surface area contributed by atoms with Crippen molar-refractivity contribution in [3.8, 4) is 10.6 Å². The topological polar surface area (TPSA) is 97.0 Å². The lowest BCUT2D eigenvalue weighted by Crippen LogP contribution is -2.40. The highest BCUT2D eigenvalue weighted by molar-refractivity contribution is 7.18. The number of hydrogen-bond donors (Lipinski definition) is 2. The number of nitrogens with zero attached hydrogens (tertiary/aromatic N) is 4. The Balaban J connectivity index is 1.56. The maximum atomic E-state index is 11.6. The fourth-order valence-electron chi connectivity index (χ4n) is 3.18. The minimum absolute atomic E-state index is 0.266. The van der Waals surface area contributed by atoms with Crippen LogP contribution < -0.4 is 16.0 Å². The normalized spacial score (nSPS) is 16.5. The minimum Gasteiger partial charge on any atom is -0.368 e. The van der Waals surface area contributed by atoms with Crippen molar-refractivity contribution in [3.05, 3.63) is 48.3 Å². The summed E-state index contributed by atoms with van der Waals surface area (Å²) in [6.45, 7) is 2.82. The van der Waals surface area contributed by atoms with Crippen LogP contribution in [0.15, 0.2) is 42.7 Å². The van der Waals surface area contributed by atoms with Crippen LogP contribution in [0.1, 0.15) is 18.4 Å². The molecular formula is C19H20N6OS. The third-order valence-electron chi connectivity index (χ3n) is 4.49. The first-order valence-corrected chi connectivity index (χ1v) is 9.61. The number of carbonyl (C=O) groups is 1. The number of primary amides is 1. The average Bonchev–Trinajstić information content (AvgIpc) is 3.31. The van der Waals surface area contributed by atoms with Gasteiger partial charge in [-0.25, -0.2) is 15.0 Å². The molecule has 0 bridgehead atoms. The van der Waals surface area contributed by atoms with Crippen molar-refractivity contribution in [2.75, 3.05) is 16.8 Å². The van der Waals surface area contributed by atoms with Gasteiger partial charge in [-0.1, -0.05) is 17.4 Å². The smallest absolute Gasteiger partial charge is 0.240 e. The number of aryl methyl sites for hydroxylation is 1. The number of anilines is 3. The Hall–Kier alpha value is -3.00. The SMILES string of the molecule is Cc1ccnc(Nc2cccc(-c3cnc(N4CCCC4C(N)=O)s3)n2)c1. The third-order valence-corrected chi connectivity index (χ3v) is 5.55. The zero-order chi connectivity index (χ0) is 18.8. The van der Waals surface area contributed by atoms with Crippen LogP contribution in [0.4, 0.5) is 16.8 Å². The number of nitrogens with two attached hydrogens (primary N) is 1. The van der Waals surface area contributed by atoms with E-state index >= 15 is 0 Å². The molecule has 0 spiro atoms. The zero-order valence-electron chi connectivity index (χ0n) is 14.9. The van der Waals surface area contributed by atoms with Crippen LogP contribution >= 0.6 is 11.3 Å². The fourth-order valence-corrected chi connectivity index (χ4v) is 4.15. The van der Waals surface area contributed by atoms with Gasteiger partial charge >= 0.3 is 0 Å². The van der Waals surface area contributed by atoms with Crippen molar-refractivity contribution in [2.24, 2.45) is 5.73 Å². The standard InChI is InChI=1S/C19H20N6OS/c1-12-7-8-21-17(10-12)24-16-6-2-4-13(23-16)15-11-22-19(27-15)25-9-3-5-14(25)18(20)26/h2,4,6-8,10-11,14H,3,5,9H2,1H3,(H2,20,26)(H,21,23,24). The molecule has 3 N–H and O–H groups in total. The Labute approximate surface area is 161 Å². The van der Waals surface area contributed by atoms with Gasteiger partial charge in [0.2, 0.25) is 5.91 Å². The van der Waals surface area contributed by atoms with Gasteiger partial charge < -0.3 is 16.0 Å². The molecule has 1 aliphatic rings. The van der Waals surface area contributed by atoms with Crippen LogP contribution in [-0.2, 0) is 4.79 Å². The molecule has 1 saturated heterocycles. The van der Waals surface area contributed by atoms with Crippen molar-refractivity contribution in [1.82, 2.24) is 15.0 Å². The van der Waals surface area contributed by atoms with E-state index in [0.29, 0.717) is 0 Å². The predicted octanol–water partition coefficient (Wildman–Crippen LogP) is 3.11. The molecule has 1 atom stereocenters. The lowest BCUT2D eigenvalue weighted by atomic mass is 10.2. The Morgan fingerprint density at radius 2 is 2.19 bits per heavy atom. The van der Waals surface area contributed by atoms with E-state index in [9.17, 15) is 4.79 Å². The van der Waals surface area contributed by atoms with Gasteiger partial charge in [0.1, 0.15) is 17.7 Å². The fraction of sp³-hybridized carbons (Fsp3) is 0.263. The molecular weight excluding hydrogens is 360 g/mol. The van der Waals surface area contributed by atoms with Gasteiger partial charge in [0.15, 0.2) is 5.13 Å². The molecule has 1 unspecified atom stereocenters. The van der Waals surface area contributed by atoms with Crippen LogP contribution in [-0.4, -0.2) is 33.4 Å². The molecule has 1 aliphatic heterocycles. The zero-order valence-corrected chi connectivity index (χ0v) is 15.7. The number of carbonyl (C=O) groups excluding carboxylic acids is 1. The number of rotatable bonds is 5. The number of nitrogens with one attached hydrogen (secondary N) is 1. The summed E-state index contributed by atoms with van der Waals surface area (Å²) in [6, 6.07) is 9.45. The van der Waals surface area contributed by atoms with Gasteiger partial charge in [-0.3, -0.25) is 4.79 Å². The van der Waals surface area contributed by atoms with E-state index in [1.54, 1.807) is 12.4 Å². The molecule has 0 saturated carbocycles. The summed E-state index contributed by atoms with van der Waals surface area (Å²) >= 11 is 1.52. The number of pyridine rings is 2. The minimum atomic E-state index is -0.292. The largest absolute Gasteiger partial charge is 0.368 e. The summed E-state index contributed by atoms with van der Waals surface area (Å²) < 4.78 is 0. The third kappa shape index (κ3) is 3.75. The first-order valence-electron chi connectivity index (χ1n) is 8.79. The molecule has 7 nitrogen and oxygen atoms in total. The van der Waals surface area contributed by atoms with Crippen LogP contribution in [0, 0.1) is 6.92 Å². The molecule has 3 aromatic rings. The van der Waals surface area contributed by atoms with E-state index in [1.165, 1.54) is 11.3 Å². The maximum Gasteiger partial charge on any atom is 0.240 e. The van der Waals surface area contributed by atoms with E-state index < -0.39 is 0 Å². The van der Waals surface area contributed by atoms with E-state index in [-0.39, 0.29) is 11.9 Å². The molecule has 8 heteroatoms. The predicted molar refractivity (Wildman–Crippen MR) is 107 cm³/mol. The molecule has 3 aromatic heterocycles. The van der Waals surface area contributed by atoms with E-state index in [1.807, 2.05) is 42.2 Å². The molecule has 0 aliphatic carbocycles. The van der Waals surface area contributed by atoms with Crippen molar-refractivity contribution in [3.63, 3.8) is 0 Å². The molecule has 1 fully saturated rings. The molecule has 4 rings (SSSR count). The van der Waals surface area contributed by atoms with Crippen LogP contribution in [0.25, 0.3) is 10.6 Å². The van der Waals surface area contributed by atoms with Crippen molar-refractivity contribution < 1.29 is 4.79 Å². The summed E-state index contributed by atoms with van der Waals surface area (Å²) in [4.78, 5) is 28.1. The molecule has 0 radical (unpaired) electrons. The Morgan fingerprint density at radius 1 is 1.30 bits per heavy atom. The first kappa shape index (κ1) is 17.4. The highest BCUT2D eigenvalue weighted by Crippen LogP contribution is 2.34. The van der Waals surface area contributed by atoms with Gasteiger partial charge in [-0.2, -0.15) is 0 Å². The molecule has 27 heavy (non-hydrogen) atoms. The van der Waals surface area contributed by atoms with Gasteiger partial charge in [0.25, 0.3) is 0 Å². The van der Waals surface area contributed by atoms with Crippen molar-refractivity contribution in [2.45, 2.75) is 25.8 Å². The van der Waals surface area contributed by atoms with Crippen LogP contribution in [0.2, 0.25) is 0 Å². The summed E-state index contributed by atoms with van der Waals surface area (Å²) in [7, 11) is 0. The van der Waals surface area contributed by atoms with E-state index in [0.717, 1.165) is 52.3 Å². The van der Waals surface area contributed by atoms with E-state index in [4.69, 9.17) is 5.73 Å². The highest BCUT2D eigenvalue weighted by atomic mass is 32.1. The summed E-state index contributed by atoms with van der Waals surface area (Å²) in [6.07, 6.45) is 5.30. The first-order chi connectivity index (χ1) is 13.1. The summed E-state index contributed by atoms with van der Waals surface area (Å²) in [5.74, 6) is 1.18. The summed E-state index contributed by atoms with van der Waals surface area (Å²) in [5.41, 5.74) is 7.47. The van der Waals surface area contributed by atoms with Crippen molar-refractivity contribution in [1.29, 1.82) is 0 Å². The van der Waals surface area contributed by atoms with Crippen LogP contribution in [0.5, 0.6) is 0 Å². The molecule has 138 valence electrons. The number of amides is 1. The van der Waals surface area contributed by atoms with Gasteiger partial charge in [-0.15, -0.1) is 0 Å². The molecule has 1 amide bonds. The quantitative estimate of drug-likeness (QED) is 0.706. The highest BCUT2D eigenvalue weighted by Gasteiger charge is 2.31. The second kappa shape index (κ2) is 7.32. The lowest BCUT2D eigenvalue weighted by molar-refractivity contribution is -0.119. The van der Waals surface area contributed by atoms with Gasteiger partial charge in [0.05, 0.1) is 10.6 Å². The van der Waals surface area contributed by atoms with Crippen LogP contribution in [0.3, 0.4) is 0 Å². The Bertz CT molecular complexity index is 972. The second-order valence-electron chi connectivity index (χ2n) is 6.51. The monoisotopic (exact) mass is 380 g/mol. The number of thiazole rings is 1. The maximum absolute atomic E-state index is 11.6. The number of hydrogen-bond acceptors (Lipinski definition) is 7. The van der Waals surface area contributed by atoms with Crippen molar-refractivity contribution >= 4 is 34.0 Å². The molecule has 4 heterocycles. The summed E-state index contributed by atoms with van der Waals surface area (Å²) in [5, 5.41) is 4.04. The second-order valence-corrected chi connectivity index (χ2v) is 7.52. The van der Waals surface area contributed by atoms with E-state index in [2.05, 4.69) is 20.3 Å². The van der Waals surface area contributed by atoms with Gasteiger partial charge in [0, 0.05) is 18.9 Å². The van der Waals surface area contributed by atoms with Gasteiger partial charge in [-0.05, 0) is 49.6 Å².